The number of carbonyl (C=O) groups is 1. The van der Waals surface area contributed by atoms with Gasteiger partial charge < -0.3 is 10.4 Å². The number of aliphatic hydroxyl groups excluding tert-OH is 1. The Labute approximate surface area is 180 Å². The van der Waals surface area contributed by atoms with E-state index < -0.39 is 0 Å². The van der Waals surface area contributed by atoms with E-state index in [0.717, 1.165) is 33.7 Å². The smallest absolute Gasteiger partial charge is 0.332 e. The Morgan fingerprint density at radius 2 is 1.80 bits per heavy atom. The summed E-state index contributed by atoms with van der Waals surface area (Å²) in [6.45, 7) is 4.27. The SMILES string of the molecule is CC(=O)c1ccc(SCCCN(CCO)CCNc2cc(=O)n(C)c(=O)n2C)cc1. The molecule has 0 saturated heterocycles. The molecule has 9 heteroatoms. The summed E-state index contributed by atoms with van der Waals surface area (Å²) in [7, 11) is 3.07. The summed E-state index contributed by atoms with van der Waals surface area (Å²) in [6.07, 6.45) is 0.948. The lowest BCUT2D eigenvalue weighted by Crippen LogP contribution is -2.38. The molecule has 0 saturated carbocycles. The van der Waals surface area contributed by atoms with Crippen LogP contribution in [0.4, 0.5) is 5.82 Å². The monoisotopic (exact) mass is 434 g/mol. The summed E-state index contributed by atoms with van der Waals surface area (Å²) < 4.78 is 2.47. The highest BCUT2D eigenvalue weighted by atomic mass is 32.2. The van der Waals surface area contributed by atoms with Gasteiger partial charge in [-0.15, -0.1) is 11.8 Å². The maximum absolute atomic E-state index is 12.0. The summed E-state index contributed by atoms with van der Waals surface area (Å²) in [6, 6.07) is 9.03. The van der Waals surface area contributed by atoms with Crippen molar-refractivity contribution in [2.75, 3.05) is 43.9 Å². The van der Waals surface area contributed by atoms with Gasteiger partial charge in [0.1, 0.15) is 5.82 Å². The van der Waals surface area contributed by atoms with Gasteiger partial charge in [-0.2, -0.15) is 0 Å². The first kappa shape index (κ1) is 23.9. The third kappa shape index (κ3) is 6.86. The van der Waals surface area contributed by atoms with Gasteiger partial charge in [0, 0.05) is 50.3 Å². The average molecular weight is 435 g/mol. The van der Waals surface area contributed by atoms with Gasteiger partial charge in [0.25, 0.3) is 5.56 Å². The van der Waals surface area contributed by atoms with E-state index in [9.17, 15) is 19.5 Å². The molecule has 0 bridgehead atoms. The number of carbonyl (C=O) groups excluding carboxylic acids is 1. The molecule has 0 aliphatic heterocycles. The molecule has 0 aliphatic rings. The Kier molecular flexibility index (Phi) is 9.35. The molecule has 0 spiro atoms. The first-order valence-electron chi connectivity index (χ1n) is 9.91. The molecule has 8 nitrogen and oxygen atoms in total. The average Bonchev–Trinajstić information content (AvgIpc) is 2.73. The minimum absolute atomic E-state index is 0.0655. The predicted molar refractivity (Wildman–Crippen MR) is 121 cm³/mol. The van der Waals surface area contributed by atoms with E-state index in [1.54, 1.807) is 25.7 Å². The number of Topliss-reactive ketones (excluding diaryl/α,β-unsaturated/α-hetero) is 1. The molecule has 2 rings (SSSR count). The zero-order valence-corrected chi connectivity index (χ0v) is 18.6. The van der Waals surface area contributed by atoms with Crippen LogP contribution in [0.1, 0.15) is 23.7 Å². The van der Waals surface area contributed by atoms with E-state index in [-0.39, 0.29) is 23.6 Å². The van der Waals surface area contributed by atoms with Gasteiger partial charge in [-0.25, -0.2) is 4.79 Å². The lowest BCUT2D eigenvalue weighted by Gasteiger charge is -2.22. The molecule has 0 unspecified atom stereocenters. The maximum Gasteiger partial charge on any atom is 0.332 e. The number of thioether (sulfide) groups is 1. The van der Waals surface area contributed by atoms with Crippen molar-refractivity contribution in [2.24, 2.45) is 14.1 Å². The van der Waals surface area contributed by atoms with Crippen LogP contribution in [-0.2, 0) is 14.1 Å². The molecule has 0 aliphatic carbocycles. The second-order valence-corrected chi connectivity index (χ2v) is 8.21. The minimum Gasteiger partial charge on any atom is -0.395 e. The molecular weight excluding hydrogens is 404 g/mol. The summed E-state index contributed by atoms with van der Waals surface area (Å²) in [5, 5.41) is 12.5. The Morgan fingerprint density at radius 3 is 2.43 bits per heavy atom. The highest BCUT2D eigenvalue weighted by molar-refractivity contribution is 7.99. The Hall–Kier alpha value is -2.36. The van der Waals surface area contributed by atoms with Crippen LogP contribution in [0.15, 0.2) is 44.8 Å². The largest absolute Gasteiger partial charge is 0.395 e. The molecule has 0 radical (unpaired) electrons. The lowest BCUT2D eigenvalue weighted by molar-refractivity contribution is 0.101. The number of hydrogen-bond donors (Lipinski definition) is 2. The van der Waals surface area contributed by atoms with Gasteiger partial charge in [-0.3, -0.25) is 23.6 Å². The highest BCUT2D eigenvalue weighted by Crippen LogP contribution is 2.19. The van der Waals surface area contributed by atoms with Crippen LogP contribution in [-0.4, -0.2) is 63.5 Å². The van der Waals surface area contributed by atoms with E-state index in [1.165, 1.54) is 17.7 Å². The molecule has 0 atom stereocenters. The van der Waals surface area contributed by atoms with Gasteiger partial charge in [0.15, 0.2) is 5.78 Å². The van der Waals surface area contributed by atoms with Crippen molar-refractivity contribution in [2.45, 2.75) is 18.2 Å². The van der Waals surface area contributed by atoms with Gasteiger partial charge in [0.2, 0.25) is 0 Å². The second kappa shape index (κ2) is 11.7. The van der Waals surface area contributed by atoms with Gasteiger partial charge in [0.05, 0.1) is 6.61 Å². The number of aromatic nitrogens is 2. The van der Waals surface area contributed by atoms with Crippen molar-refractivity contribution in [3.05, 3.63) is 56.7 Å². The third-order valence-corrected chi connectivity index (χ3v) is 5.92. The quantitative estimate of drug-likeness (QED) is 0.294. The summed E-state index contributed by atoms with van der Waals surface area (Å²) in [5.74, 6) is 1.48. The van der Waals surface area contributed by atoms with Crippen LogP contribution >= 0.6 is 11.8 Å². The number of benzene rings is 1. The fourth-order valence-corrected chi connectivity index (χ4v) is 3.82. The molecule has 30 heavy (non-hydrogen) atoms. The molecule has 0 amide bonds. The van der Waals surface area contributed by atoms with Crippen molar-refractivity contribution >= 4 is 23.4 Å². The Bertz CT molecular complexity index is 953. The molecule has 2 N–H and O–H groups in total. The summed E-state index contributed by atoms with van der Waals surface area (Å²) >= 11 is 1.74. The zero-order chi connectivity index (χ0) is 22.1. The van der Waals surface area contributed by atoms with Crippen LogP contribution in [0.2, 0.25) is 0 Å². The Morgan fingerprint density at radius 1 is 1.10 bits per heavy atom. The van der Waals surface area contributed by atoms with E-state index >= 15 is 0 Å². The van der Waals surface area contributed by atoms with Crippen LogP contribution in [0.3, 0.4) is 0 Å². The van der Waals surface area contributed by atoms with Crippen LogP contribution in [0.25, 0.3) is 0 Å². The highest BCUT2D eigenvalue weighted by Gasteiger charge is 2.08. The van der Waals surface area contributed by atoms with Crippen molar-refractivity contribution in [1.29, 1.82) is 0 Å². The molecule has 2 aromatic rings. The van der Waals surface area contributed by atoms with Crippen molar-refractivity contribution in [3.63, 3.8) is 0 Å². The second-order valence-electron chi connectivity index (χ2n) is 7.04. The summed E-state index contributed by atoms with van der Waals surface area (Å²) in [5.41, 5.74) is 0.00138. The third-order valence-electron chi connectivity index (χ3n) is 4.82. The van der Waals surface area contributed by atoms with E-state index in [1.807, 2.05) is 24.3 Å². The van der Waals surface area contributed by atoms with Crippen molar-refractivity contribution in [3.8, 4) is 0 Å². The number of anilines is 1. The van der Waals surface area contributed by atoms with Gasteiger partial charge >= 0.3 is 5.69 Å². The number of hydrogen-bond acceptors (Lipinski definition) is 7. The summed E-state index contributed by atoms with van der Waals surface area (Å²) in [4.78, 5) is 38.4. The number of rotatable bonds is 12. The topological polar surface area (TPSA) is 96.6 Å². The standard InChI is InChI=1S/C21H30N4O4S/c1-16(27)17-5-7-18(8-6-17)30-14-4-10-25(12-13-26)11-9-22-19-15-20(28)24(3)21(29)23(19)2/h5-8,15,22,26H,4,9-14H2,1-3H3. The molecule has 164 valence electrons. The van der Waals surface area contributed by atoms with Crippen LogP contribution in [0.5, 0.6) is 0 Å². The first-order valence-corrected chi connectivity index (χ1v) is 10.9. The fraction of sp³-hybridized carbons (Fsp3) is 0.476. The van der Waals surface area contributed by atoms with Crippen LogP contribution in [0, 0.1) is 0 Å². The van der Waals surface area contributed by atoms with E-state index in [4.69, 9.17) is 0 Å². The molecule has 1 aromatic heterocycles. The van der Waals surface area contributed by atoms with E-state index in [0.29, 0.717) is 25.5 Å². The number of ketones is 1. The van der Waals surface area contributed by atoms with E-state index in [2.05, 4.69) is 10.2 Å². The van der Waals surface area contributed by atoms with Crippen LogP contribution < -0.4 is 16.6 Å². The number of nitrogens with one attached hydrogen (secondary N) is 1. The fourth-order valence-electron chi connectivity index (χ4n) is 2.99. The minimum atomic E-state index is -0.370. The number of nitrogens with zero attached hydrogens (tertiary/aromatic N) is 3. The number of aliphatic hydroxyl groups is 1. The molecule has 0 fully saturated rings. The molecule has 1 heterocycles. The predicted octanol–water partition coefficient (Wildman–Crippen LogP) is 1.18. The zero-order valence-electron chi connectivity index (χ0n) is 17.8. The molecular formula is C21H30N4O4S. The maximum atomic E-state index is 12.0. The Balaban J connectivity index is 1.79. The normalized spacial score (nSPS) is 11.1. The first-order chi connectivity index (χ1) is 14.3. The van der Waals surface area contributed by atoms with Crippen molar-refractivity contribution in [1.82, 2.24) is 14.0 Å². The van der Waals surface area contributed by atoms with Gasteiger partial charge in [-0.1, -0.05) is 12.1 Å². The van der Waals surface area contributed by atoms with Gasteiger partial charge in [-0.05, 0) is 37.8 Å². The van der Waals surface area contributed by atoms with Crippen molar-refractivity contribution < 1.29 is 9.90 Å². The molecule has 1 aromatic carbocycles. The lowest BCUT2D eigenvalue weighted by atomic mass is 10.2.